The summed E-state index contributed by atoms with van der Waals surface area (Å²) in [7, 11) is 0. The highest BCUT2D eigenvalue weighted by Gasteiger charge is 2.31. The first kappa shape index (κ1) is 36.5. The van der Waals surface area contributed by atoms with Crippen molar-refractivity contribution in [2.45, 2.75) is 58.5 Å². The van der Waals surface area contributed by atoms with Crippen LogP contribution in [0.15, 0.2) is 182 Å². The van der Waals surface area contributed by atoms with Crippen molar-refractivity contribution in [2.24, 2.45) is 30.0 Å². The monoisotopic (exact) mass is 801 g/mol. The molecule has 3 aliphatic rings. The Hall–Kier alpha value is -7.38. The molecule has 9 aromatic carbocycles. The number of hydrogen-bond acceptors (Lipinski definition) is 7. The van der Waals surface area contributed by atoms with E-state index in [1.165, 1.54) is 43.1 Å². The van der Waals surface area contributed by atoms with Gasteiger partial charge in [-0.25, -0.2) is 0 Å². The van der Waals surface area contributed by atoms with Crippen molar-refractivity contribution >= 4 is 60.2 Å². The lowest BCUT2D eigenvalue weighted by molar-refractivity contribution is 0.549. The second-order valence-electron chi connectivity index (χ2n) is 18.2. The van der Waals surface area contributed by atoms with Crippen LogP contribution in [0.3, 0.4) is 0 Å². The number of fused-ring (bicyclic) bond motifs is 9. The third-order valence-electron chi connectivity index (χ3n) is 12.4. The average Bonchev–Trinajstić information content (AvgIpc) is 3.90. The molecule has 0 unspecified atom stereocenters. The van der Waals surface area contributed by atoms with E-state index >= 15 is 0 Å². The number of hydrogen-bond donors (Lipinski definition) is 0. The van der Waals surface area contributed by atoms with Gasteiger partial charge in [-0.2, -0.15) is 0 Å². The number of para-hydroxylation sites is 1. The molecule has 0 amide bonds. The lowest BCUT2D eigenvalue weighted by Crippen LogP contribution is -2.38. The van der Waals surface area contributed by atoms with Crippen LogP contribution in [-0.4, -0.2) is 17.0 Å². The van der Waals surface area contributed by atoms with E-state index in [1.54, 1.807) is 0 Å². The molecule has 9 aromatic rings. The van der Waals surface area contributed by atoms with Gasteiger partial charge in [0.1, 0.15) is 33.1 Å². The molecule has 0 N–H and O–H groups in total. The zero-order valence-corrected chi connectivity index (χ0v) is 35.6. The molecular weight excluding hydrogens is 759 g/mol. The normalized spacial score (nSPS) is 16.1. The molecule has 62 heavy (non-hydrogen) atoms. The van der Waals surface area contributed by atoms with Crippen molar-refractivity contribution in [1.82, 2.24) is 0 Å². The van der Waals surface area contributed by atoms with Gasteiger partial charge in [-0.1, -0.05) is 109 Å². The van der Waals surface area contributed by atoms with E-state index in [-0.39, 0.29) is 0 Å². The molecule has 0 bridgehead atoms. The zero-order valence-electron chi connectivity index (χ0n) is 35.6. The maximum Gasteiger partial charge on any atom is 0.146 e. The summed E-state index contributed by atoms with van der Waals surface area (Å²) in [5.74, 6) is 0. The summed E-state index contributed by atoms with van der Waals surface area (Å²) in [6, 6.07) is 54.5. The second-order valence-corrected chi connectivity index (χ2v) is 18.2. The van der Waals surface area contributed by atoms with Crippen molar-refractivity contribution in [1.29, 1.82) is 0 Å². The predicted octanol–water partition coefficient (Wildman–Crippen LogP) is 10.1. The Kier molecular flexibility index (Phi) is 7.54. The van der Waals surface area contributed by atoms with Gasteiger partial charge in [0.25, 0.3) is 0 Å². The van der Waals surface area contributed by atoms with Gasteiger partial charge in [-0.15, -0.1) is 0 Å². The first-order valence-corrected chi connectivity index (χ1v) is 21.4. The molecule has 7 nitrogen and oxygen atoms in total. The molecule has 0 atom stereocenters. The SMILES string of the molecule is CC1(C)N=c2cccc(N(c3ccc(-c4ccc5ccc6ccccc6c5c4)c4c3=NC(C)(C)N=4)c3ccc(-c4cccc5c4ccc4ccccc45)c4c3=NC(C)(C)N=4)c2=N1. The van der Waals surface area contributed by atoms with Crippen molar-refractivity contribution in [3.05, 3.63) is 184 Å². The molecule has 3 heterocycles. The van der Waals surface area contributed by atoms with Gasteiger partial charge >= 0.3 is 0 Å². The highest BCUT2D eigenvalue weighted by molar-refractivity contribution is 6.12. The lowest BCUT2D eigenvalue weighted by atomic mass is 9.94. The standard InChI is InChI=1S/C55H43N7/c1-53(2)56-44-19-12-20-45(50(44)59-53)62(46-29-27-38(48-51(46)60-54(3,4)57-48)35-24-23-34-22-21-32-13-8-10-16-37(32)43(34)31-35)47-30-28-42(49-52(47)61-55(5,6)58-49)40-18-11-17-39-36-15-9-7-14-33(36)25-26-41(39)40/h7-31H,1-6H3. The molecule has 0 radical (unpaired) electrons. The first-order valence-electron chi connectivity index (χ1n) is 21.4. The Morgan fingerprint density at radius 2 is 0.823 bits per heavy atom. The quantitative estimate of drug-likeness (QED) is 0.160. The summed E-state index contributed by atoms with van der Waals surface area (Å²) in [5.41, 5.74) is 5.01. The fraction of sp³-hybridized carbons (Fsp3) is 0.164. The molecule has 3 aliphatic heterocycles. The zero-order chi connectivity index (χ0) is 42.1. The molecule has 0 aliphatic carbocycles. The van der Waals surface area contributed by atoms with E-state index < -0.39 is 17.0 Å². The Morgan fingerprint density at radius 3 is 1.53 bits per heavy atom. The second kappa shape index (κ2) is 12.8. The molecule has 0 saturated heterocycles. The fourth-order valence-corrected chi connectivity index (χ4v) is 9.87. The van der Waals surface area contributed by atoms with Crippen molar-refractivity contribution in [3.63, 3.8) is 0 Å². The summed E-state index contributed by atoms with van der Waals surface area (Å²) in [6.07, 6.45) is 0. The van der Waals surface area contributed by atoms with E-state index in [1.807, 2.05) is 13.8 Å². The van der Waals surface area contributed by atoms with Crippen LogP contribution >= 0.6 is 0 Å². The first-order chi connectivity index (χ1) is 29.9. The van der Waals surface area contributed by atoms with Gasteiger partial charge in [0.15, 0.2) is 0 Å². The highest BCUT2D eigenvalue weighted by atomic mass is 15.2. The average molecular weight is 802 g/mol. The number of rotatable bonds is 5. The smallest absolute Gasteiger partial charge is 0.146 e. The maximum atomic E-state index is 5.42. The molecule has 0 spiro atoms. The van der Waals surface area contributed by atoms with Gasteiger partial charge in [0.2, 0.25) is 0 Å². The van der Waals surface area contributed by atoms with E-state index in [9.17, 15) is 0 Å². The summed E-state index contributed by atoms with van der Waals surface area (Å²) < 4.78 is 0. The minimum atomic E-state index is -0.690. The minimum absolute atomic E-state index is 0.607. The van der Waals surface area contributed by atoms with Gasteiger partial charge in [0, 0.05) is 11.1 Å². The number of anilines is 3. The van der Waals surface area contributed by atoms with E-state index in [2.05, 4.69) is 184 Å². The molecular formula is C55H43N7. The van der Waals surface area contributed by atoms with Crippen LogP contribution in [0.2, 0.25) is 0 Å². The molecule has 12 rings (SSSR count). The van der Waals surface area contributed by atoms with Gasteiger partial charge in [-0.05, 0) is 138 Å². The van der Waals surface area contributed by atoms with Gasteiger partial charge in [0.05, 0.1) is 33.1 Å². The van der Waals surface area contributed by atoms with Crippen molar-refractivity contribution in [2.75, 3.05) is 4.90 Å². The van der Waals surface area contributed by atoms with Crippen LogP contribution < -0.4 is 37.0 Å². The third kappa shape index (κ3) is 5.64. The van der Waals surface area contributed by atoms with Gasteiger partial charge in [-0.3, -0.25) is 30.0 Å². The van der Waals surface area contributed by atoms with Crippen LogP contribution in [0.1, 0.15) is 41.5 Å². The summed E-state index contributed by atoms with van der Waals surface area (Å²) in [5, 5.41) is 14.8. The van der Waals surface area contributed by atoms with Crippen LogP contribution in [0.5, 0.6) is 0 Å². The Bertz CT molecular complexity index is 3860. The van der Waals surface area contributed by atoms with Crippen molar-refractivity contribution < 1.29 is 0 Å². The number of nitrogens with zero attached hydrogens (tertiary/aromatic N) is 7. The molecule has 0 saturated carbocycles. The highest BCUT2D eigenvalue weighted by Crippen LogP contribution is 2.36. The third-order valence-corrected chi connectivity index (χ3v) is 12.4. The lowest BCUT2D eigenvalue weighted by Gasteiger charge is -2.26. The van der Waals surface area contributed by atoms with Crippen LogP contribution in [0.4, 0.5) is 17.1 Å². The largest absolute Gasteiger partial charge is 0.304 e. The van der Waals surface area contributed by atoms with Crippen molar-refractivity contribution in [3.8, 4) is 22.3 Å². The van der Waals surface area contributed by atoms with E-state index in [0.29, 0.717) is 0 Å². The summed E-state index contributed by atoms with van der Waals surface area (Å²) >= 11 is 0. The molecule has 7 heteroatoms. The number of benzene rings is 9. The Labute approximate surface area is 358 Å². The van der Waals surface area contributed by atoms with Gasteiger partial charge < -0.3 is 4.90 Å². The summed E-state index contributed by atoms with van der Waals surface area (Å²) in [6.45, 7) is 12.4. The van der Waals surface area contributed by atoms with Crippen LogP contribution in [0.25, 0.3) is 65.3 Å². The molecule has 0 fully saturated rings. The van der Waals surface area contributed by atoms with Crippen LogP contribution in [-0.2, 0) is 0 Å². The van der Waals surface area contributed by atoms with E-state index in [0.717, 1.165) is 71.5 Å². The maximum absolute atomic E-state index is 5.42. The molecule has 0 aromatic heterocycles. The Balaban J connectivity index is 1.13. The summed E-state index contributed by atoms with van der Waals surface area (Å²) in [4.78, 5) is 34.1. The van der Waals surface area contributed by atoms with E-state index in [4.69, 9.17) is 30.0 Å². The predicted molar refractivity (Wildman–Crippen MR) is 251 cm³/mol. The topological polar surface area (TPSA) is 77.4 Å². The van der Waals surface area contributed by atoms with Crippen LogP contribution in [0, 0.1) is 0 Å². The minimum Gasteiger partial charge on any atom is -0.304 e. The Morgan fingerprint density at radius 1 is 0.323 bits per heavy atom. The molecule has 298 valence electrons. The fourth-order valence-electron chi connectivity index (χ4n) is 9.87.